The van der Waals surface area contributed by atoms with Crippen LogP contribution in [-0.4, -0.2) is 22.8 Å². The standard InChI is InChI=1S/C15H22O4/c1-4-8-19-12-7-5-6-11(9-12)14(16)13(10(2)3)15(17)18/h5-7,9-10,13-14,16H,4,8H2,1-3H3,(H,17,18). The number of ether oxygens (including phenoxy) is 1. The van der Waals surface area contributed by atoms with Crippen LogP contribution in [0.25, 0.3) is 0 Å². The van der Waals surface area contributed by atoms with Gasteiger partial charge in [0, 0.05) is 0 Å². The molecule has 0 amide bonds. The number of hydrogen-bond acceptors (Lipinski definition) is 3. The fourth-order valence-corrected chi connectivity index (χ4v) is 2.00. The fourth-order valence-electron chi connectivity index (χ4n) is 2.00. The second-order valence-corrected chi connectivity index (χ2v) is 4.97. The fraction of sp³-hybridized carbons (Fsp3) is 0.533. The Labute approximate surface area is 114 Å². The van der Waals surface area contributed by atoms with E-state index >= 15 is 0 Å². The van der Waals surface area contributed by atoms with Crippen LogP contribution in [0, 0.1) is 11.8 Å². The van der Waals surface area contributed by atoms with E-state index < -0.39 is 18.0 Å². The van der Waals surface area contributed by atoms with Crippen molar-refractivity contribution in [1.82, 2.24) is 0 Å². The highest BCUT2D eigenvalue weighted by Crippen LogP contribution is 2.30. The third-order valence-corrected chi connectivity index (χ3v) is 3.02. The monoisotopic (exact) mass is 266 g/mol. The molecule has 0 fully saturated rings. The van der Waals surface area contributed by atoms with Crippen molar-refractivity contribution in [2.75, 3.05) is 6.61 Å². The number of carboxylic acids is 1. The van der Waals surface area contributed by atoms with Gasteiger partial charge in [-0.15, -0.1) is 0 Å². The summed E-state index contributed by atoms with van der Waals surface area (Å²) in [4.78, 5) is 11.2. The van der Waals surface area contributed by atoms with E-state index in [9.17, 15) is 15.0 Å². The first kappa shape index (κ1) is 15.5. The van der Waals surface area contributed by atoms with Crippen molar-refractivity contribution in [2.45, 2.75) is 33.3 Å². The first-order valence-electron chi connectivity index (χ1n) is 6.61. The molecule has 106 valence electrons. The summed E-state index contributed by atoms with van der Waals surface area (Å²) in [5.41, 5.74) is 0.578. The van der Waals surface area contributed by atoms with Crippen LogP contribution in [0.15, 0.2) is 24.3 Å². The van der Waals surface area contributed by atoms with Crippen molar-refractivity contribution < 1.29 is 19.7 Å². The van der Waals surface area contributed by atoms with Crippen molar-refractivity contribution in [3.8, 4) is 5.75 Å². The number of rotatable bonds is 7. The van der Waals surface area contributed by atoms with Gasteiger partial charge in [-0.3, -0.25) is 4.79 Å². The summed E-state index contributed by atoms with van der Waals surface area (Å²) < 4.78 is 5.49. The minimum Gasteiger partial charge on any atom is -0.494 e. The number of aliphatic hydroxyl groups excluding tert-OH is 1. The maximum absolute atomic E-state index is 11.2. The topological polar surface area (TPSA) is 66.8 Å². The smallest absolute Gasteiger partial charge is 0.309 e. The van der Waals surface area contributed by atoms with Crippen LogP contribution in [0.2, 0.25) is 0 Å². The molecule has 4 nitrogen and oxygen atoms in total. The Morgan fingerprint density at radius 1 is 1.37 bits per heavy atom. The lowest BCUT2D eigenvalue weighted by molar-refractivity contribution is -0.148. The van der Waals surface area contributed by atoms with Crippen LogP contribution in [-0.2, 0) is 4.79 Å². The second-order valence-electron chi connectivity index (χ2n) is 4.97. The lowest BCUT2D eigenvalue weighted by atomic mass is 9.86. The van der Waals surface area contributed by atoms with Gasteiger partial charge in [0.15, 0.2) is 0 Å². The lowest BCUT2D eigenvalue weighted by Gasteiger charge is -2.23. The SMILES string of the molecule is CCCOc1cccc(C(O)C(C(=O)O)C(C)C)c1. The molecule has 0 aliphatic carbocycles. The van der Waals surface area contributed by atoms with Crippen LogP contribution < -0.4 is 4.74 Å². The molecule has 0 heterocycles. The van der Waals surface area contributed by atoms with Gasteiger partial charge >= 0.3 is 5.97 Å². The molecule has 0 aliphatic rings. The Balaban J connectivity index is 2.91. The van der Waals surface area contributed by atoms with E-state index in [-0.39, 0.29) is 5.92 Å². The maximum atomic E-state index is 11.2. The molecule has 2 unspecified atom stereocenters. The zero-order valence-electron chi connectivity index (χ0n) is 11.7. The molecule has 0 spiro atoms. The van der Waals surface area contributed by atoms with Crippen molar-refractivity contribution in [3.05, 3.63) is 29.8 Å². The minimum absolute atomic E-state index is 0.146. The molecular weight excluding hydrogens is 244 g/mol. The van der Waals surface area contributed by atoms with Gasteiger partial charge in [-0.25, -0.2) is 0 Å². The van der Waals surface area contributed by atoms with Gasteiger partial charge in [-0.2, -0.15) is 0 Å². The molecule has 0 radical (unpaired) electrons. The minimum atomic E-state index is -1.03. The Morgan fingerprint density at radius 3 is 2.58 bits per heavy atom. The van der Waals surface area contributed by atoms with Gasteiger partial charge in [-0.05, 0) is 30.0 Å². The third kappa shape index (κ3) is 4.24. The zero-order valence-corrected chi connectivity index (χ0v) is 11.7. The average molecular weight is 266 g/mol. The van der Waals surface area contributed by atoms with E-state index in [0.717, 1.165) is 6.42 Å². The summed E-state index contributed by atoms with van der Waals surface area (Å²) in [6.45, 7) is 6.20. The van der Waals surface area contributed by atoms with E-state index in [1.54, 1.807) is 38.1 Å². The Morgan fingerprint density at radius 2 is 2.05 bits per heavy atom. The Kier molecular flexibility index (Phi) is 5.83. The van der Waals surface area contributed by atoms with Crippen molar-refractivity contribution in [2.24, 2.45) is 11.8 Å². The van der Waals surface area contributed by atoms with E-state index in [1.165, 1.54) is 0 Å². The number of aliphatic carboxylic acids is 1. The van der Waals surface area contributed by atoms with E-state index in [2.05, 4.69) is 0 Å². The second kappa shape index (κ2) is 7.14. The molecular formula is C15H22O4. The van der Waals surface area contributed by atoms with Gasteiger partial charge in [-0.1, -0.05) is 32.9 Å². The molecule has 4 heteroatoms. The largest absolute Gasteiger partial charge is 0.494 e. The highest BCUT2D eigenvalue weighted by atomic mass is 16.5. The summed E-state index contributed by atoms with van der Waals surface area (Å²) in [5, 5.41) is 19.4. The first-order chi connectivity index (χ1) is 8.97. The maximum Gasteiger partial charge on any atom is 0.309 e. The van der Waals surface area contributed by atoms with Crippen LogP contribution in [0.3, 0.4) is 0 Å². The summed E-state index contributed by atoms with van der Waals surface area (Å²) in [7, 11) is 0. The van der Waals surface area contributed by atoms with Crippen LogP contribution in [0.4, 0.5) is 0 Å². The van der Waals surface area contributed by atoms with E-state index in [0.29, 0.717) is 17.9 Å². The Hall–Kier alpha value is -1.55. The number of benzene rings is 1. The molecule has 19 heavy (non-hydrogen) atoms. The van der Waals surface area contributed by atoms with Gasteiger partial charge in [0.05, 0.1) is 18.6 Å². The van der Waals surface area contributed by atoms with E-state index in [1.807, 2.05) is 6.92 Å². The summed E-state index contributed by atoms with van der Waals surface area (Å²) in [5.74, 6) is -1.29. The molecule has 1 rings (SSSR count). The third-order valence-electron chi connectivity index (χ3n) is 3.02. The van der Waals surface area contributed by atoms with Gasteiger partial charge in [0.25, 0.3) is 0 Å². The van der Waals surface area contributed by atoms with Crippen LogP contribution >= 0.6 is 0 Å². The summed E-state index contributed by atoms with van der Waals surface area (Å²) in [6.07, 6.45) is -0.126. The first-order valence-corrected chi connectivity index (χ1v) is 6.61. The highest BCUT2D eigenvalue weighted by Gasteiger charge is 2.30. The molecule has 0 aromatic heterocycles. The normalized spacial score (nSPS) is 14.2. The van der Waals surface area contributed by atoms with Crippen molar-refractivity contribution >= 4 is 5.97 Å². The molecule has 1 aromatic rings. The number of aliphatic hydroxyl groups is 1. The lowest BCUT2D eigenvalue weighted by Crippen LogP contribution is -2.26. The molecule has 0 saturated heterocycles. The number of carbonyl (C=O) groups is 1. The van der Waals surface area contributed by atoms with Gasteiger partial charge < -0.3 is 14.9 Å². The van der Waals surface area contributed by atoms with Crippen molar-refractivity contribution in [1.29, 1.82) is 0 Å². The highest BCUT2D eigenvalue weighted by molar-refractivity contribution is 5.71. The summed E-state index contributed by atoms with van der Waals surface area (Å²) in [6, 6.07) is 7.00. The molecule has 0 bridgehead atoms. The predicted molar refractivity (Wildman–Crippen MR) is 73.2 cm³/mol. The molecule has 2 atom stereocenters. The molecule has 0 saturated carbocycles. The predicted octanol–water partition coefficient (Wildman–Crippen LogP) is 2.87. The molecule has 1 aromatic carbocycles. The number of carboxylic acid groups (broad SMARTS) is 1. The summed E-state index contributed by atoms with van der Waals surface area (Å²) >= 11 is 0. The zero-order chi connectivity index (χ0) is 14.4. The van der Waals surface area contributed by atoms with Gasteiger partial charge in [0.1, 0.15) is 5.75 Å². The van der Waals surface area contributed by atoms with E-state index in [4.69, 9.17) is 4.74 Å². The average Bonchev–Trinajstić information content (AvgIpc) is 2.35. The number of hydrogen-bond donors (Lipinski definition) is 2. The molecule has 0 aliphatic heterocycles. The molecule has 2 N–H and O–H groups in total. The quantitative estimate of drug-likeness (QED) is 0.796. The Bertz CT molecular complexity index is 414. The van der Waals surface area contributed by atoms with Crippen molar-refractivity contribution in [3.63, 3.8) is 0 Å². The van der Waals surface area contributed by atoms with Gasteiger partial charge in [0.2, 0.25) is 0 Å². The van der Waals surface area contributed by atoms with Crippen LogP contribution in [0.5, 0.6) is 5.75 Å². The van der Waals surface area contributed by atoms with Crippen LogP contribution in [0.1, 0.15) is 38.9 Å².